The summed E-state index contributed by atoms with van der Waals surface area (Å²) >= 11 is 0. The van der Waals surface area contributed by atoms with Gasteiger partial charge in [0.1, 0.15) is 0 Å². The second-order valence-corrected chi connectivity index (χ2v) is 3.71. The van der Waals surface area contributed by atoms with Crippen LogP contribution in [0, 0.1) is 0 Å². The predicted octanol–water partition coefficient (Wildman–Crippen LogP) is 2.60. The van der Waals surface area contributed by atoms with Gasteiger partial charge in [0.05, 0.1) is 6.04 Å². The molecule has 2 unspecified atom stereocenters. The van der Waals surface area contributed by atoms with Crippen molar-refractivity contribution in [3.63, 3.8) is 0 Å². The van der Waals surface area contributed by atoms with E-state index in [-0.39, 0.29) is 6.04 Å². The van der Waals surface area contributed by atoms with Gasteiger partial charge in [-0.05, 0) is 11.1 Å². The minimum Gasteiger partial charge on any atom is -0.288 e. The Morgan fingerprint density at radius 1 is 1.00 bits per heavy atom. The number of hydroxylamine groups is 2. The van der Waals surface area contributed by atoms with Gasteiger partial charge in [0, 0.05) is 12.1 Å². The lowest BCUT2D eigenvalue weighted by atomic mass is 9.86. The van der Waals surface area contributed by atoms with Crippen molar-refractivity contribution in [2.75, 3.05) is 0 Å². The summed E-state index contributed by atoms with van der Waals surface area (Å²) in [5.74, 6) is 0.319. The third-order valence-electron chi connectivity index (χ3n) is 2.91. The predicted molar refractivity (Wildman–Crippen MR) is 53.8 cm³/mol. The monoisotopic (exact) mass is 185 g/mol. The molecule has 0 saturated carbocycles. The maximum absolute atomic E-state index is 9.72. The first-order chi connectivity index (χ1) is 6.86. The molecule has 2 aliphatic heterocycles. The van der Waals surface area contributed by atoms with Crippen molar-refractivity contribution in [1.82, 2.24) is 5.06 Å². The zero-order valence-corrected chi connectivity index (χ0v) is 7.67. The van der Waals surface area contributed by atoms with E-state index in [4.69, 9.17) is 0 Å². The molecule has 1 aromatic rings. The molecule has 2 nitrogen and oxygen atoms in total. The Morgan fingerprint density at radius 3 is 2.64 bits per heavy atom. The maximum atomic E-state index is 9.72. The van der Waals surface area contributed by atoms with Crippen LogP contribution in [0.5, 0.6) is 0 Å². The lowest BCUT2D eigenvalue weighted by Crippen LogP contribution is -2.18. The summed E-state index contributed by atoms with van der Waals surface area (Å²) in [4.78, 5) is 0. The van der Waals surface area contributed by atoms with Crippen molar-refractivity contribution in [1.29, 1.82) is 0 Å². The fourth-order valence-corrected chi connectivity index (χ4v) is 2.19. The van der Waals surface area contributed by atoms with Gasteiger partial charge in [-0.25, -0.2) is 0 Å². The second kappa shape index (κ2) is 2.72. The van der Waals surface area contributed by atoms with Gasteiger partial charge < -0.3 is 0 Å². The Morgan fingerprint density at radius 2 is 1.79 bits per heavy atom. The van der Waals surface area contributed by atoms with E-state index in [1.165, 1.54) is 16.2 Å². The normalized spacial score (nSPS) is 27.6. The SMILES string of the molecule is ON1C=CC2C=CC1c1ccccc12. The molecule has 1 aromatic carbocycles. The number of fused-ring (bicyclic) bond motifs is 1. The van der Waals surface area contributed by atoms with Crippen LogP contribution in [0.25, 0.3) is 0 Å². The van der Waals surface area contributed by atoms with Crippen molar-refractivity contribution in [3.05, 3.63) is 59.8 Å². The first-order valence-corrected chi connectivity index (χ1v) is 4.79. The Hall–Kier alpha value is -1.54. The molecule has 70 valence electrons. The summed E-state index contributed by atoms with van der Waals surface area (Å²) in [6, 6.07) is 8.25. The van der Waals surface area contributed by atoms with Crippen LogP contribution < -0.4 is 0 Å². The van der Waals surface area contributed by atoms with Gasteiger partial charge in [-0.3, -0.25) is 10.3 Å². The van der Waals surface area contributed by atoms with Gasteiger partial charge in [-0.1, -0.05) is 42.5 Å². The first-order valence-electron chi connectivity index (χ1n) is 4.79. The molecule has 0 spiro atoms. The molecule has 0 saturated heterocycles. The van der Waals surface area contributed by atoms with Gasteiger partial charge >= 0.3 is 0 Å². The quantitative estimate of drug-likeness (QED) is 0.628. The third kappa shape index (κ3) is 0.946. The molecule has 2 heteroatoms. The topological polar surface area (TPSA) is 23.5 Å². The van der Waals surface area contributed by atoms with Gasteiger partial charge in [0.2, 0.25) is 0 Å². The molecular weight excluding hydrogens is 174 g/mol. The van der Waals surface area contributed by atoms with Crippen LogP contribution in [-0.4, -0.2) is 10.3 Å². The van der Waals surface area contributed by atoms with Crippen molar-refractivity contribution in [2.24, 2.45) is 0 Å². The average molecular weight is 185 g/mol. The lowest BCUT2D eigenvalue weighted by molar-refractivity contribution is -0.0651. The Labute approximate surface area is 82.7 Å². The van der Waals surface area contributed by atoms with Gasteiger partial charge in [0.25, 0.3) is 0 Å². The first kappa shape index (κ1) is 7.83. The lowest BCUT2D eigenvalue weighted by Gasteiger charge is -2.25. The largest absolute Gasteiger partial charge is 0.288 e. The average Bonchev–Trinajstić information content (AvgIpc) is 2.49. The van der Waals surface area contributed by atoms with Crippen molar-refractivity contribution in [2.45, 2.75) is 12.0 Å². The highest BCUT2D eigenvalue weighted by molar-refractivity contribution is 5.45. The number of rotatable bonds is 0. The molecule has 4 rings (SSSR count). The number of hydrogen-bond acceptors (Lipinski definition) is 2. The molecule has 1 aliphatic carbocycles. The Kier molecular flexibility index (Phi) is 1.52. The Bertz CT molecular complexity index is 422. The zero-order chi connectivity index (χ0) is 9.54. The second-order valence-electron chi connectivity index (χ2n) is 3.71. The summed E-state index contributed by atoms with van der Waals surface area (Å²) < 4.78 is 0. The molecule has 2 heterocycles. The molecule has 14 heavy (non-hydrogen) atoms. The Balaban J connectivity index is 2.24. The van der Waals surface area contributed by atoms with Crippen LogP contribution in [0.1, 0.15) is 23.1 Å². The van der Waals surface area contributed by atoms with Crippen molar-refractivity contribution in [3.8, 4) is 0 Å². The van der Waals surface area contributed by atoms with E-state index in [0.29, 0.717) is 5.92 Å². The molecular formula is C12H11NO. The van der Waals surface area contributed by atoms with Gasteiger partial charge in [-0.15, -0.1) is 0 Å². The molecule has 0 amide bonds. The van der Waals surface area contributed by atoms with E-state index in [1.807, 2.05) is 24.3 Å². The molecule has 0 fully saturated rings. The summed E-state index contributed by atoms with van der Waals surface area (Å²) in [5, 5.41) is 11.0. The molecule has 2 atom stereocenters. The number of benzene rings is 1. The maximum Gasteiger partial charge on any atom is 0.0990 e. The summed E-state index contributed by atoms with van der Waals surface area (Å²) in [6.45, 7) is 0. The minimum absolute atomic E-state index is 0.0128. The van der Waals surface area contributed by atoms with Gasteiger partial charge in [-0.2, -0.15) is 0 Å². The van der Waals surface area contributed by atoms with E-state index >= 15 is 0 Å². The van der Waals surface area contributed by atoms with Crippen LogP contribution >= 0.6 is 0 Å². The number of allylic oxidation sites excluding steroid dienone is 2. The molecule has 2 bridgehead atoms. The fourth-order valence-electron chi connectivity index (χ4n) is 2.19. The molecule has 3 aliphatic rings. The van der Waals surface area contributed by atoms with E-state index in [2.05, 4.69) is 18.2 Å². The van der Waals surface area contributed by atoms with Crippen LogP contribution in [0.15, 0.2) is 48.7 Å². The highest BCUT2D eigenvalue weighted by atomic mass is 16.5. The molecule has 0 radical (unpaired) electrons. The van der Waals surface area contributed by atoms with E-state index in [0.717, 1.165) is 0 Å². The summed E-state index contributed by atoms with van der Waals surface area (Å²) in [5.41, 5.74) is 2.50. The van der Waals surface area contributed by atoms with Gasteiger partial charge in [0.15, 0.2) is 0 Å². The fraction of sp³-hybridized carbons (Fsp3) is 0.167. The van der Waals surface area contributed by atoms with Crippen LogP contribution in [0.4, 0.5) is 0 Å². The third-order valence-corrected chi connectivity index (χ3v) is 2.91. The molecule has 0 aromatic heterocycles. The molecule has 1 N–H and O–H groups in total. The summed E-state index contributed by atoms with van der Waals surface area (Å²) in [6.07, 6.45) is 7.95. The van der Waals surface area contributed by atoms with Crippen molar-refractivity contribution >= 4 is 0 Å². The smallest absolute Gasteiger partial charge is 0.0990 e. The van der Waals surface area contributed by atoms with Crippen molar-refractivity contribution < 1.29 is 5.21 Å². The van der Waals surface area contributed by atoms with E-state index < -0.39 is 0 Å². The van der Waals surface area contributed by atoms with E-state index in [9.17, 15) is 5.21 Å². The minimum atomic E-state index is -0.0128. The summed E-state index contributed by atoms with van der Waals surface area (Å²) in [7, 11) is 0. The standard InChI is InChI=1S/C12H11NO/c14-13-8-7-9-5-6-12(13)11-4-2-1-3-10(9)11/h1-9,12,14H. The number of hydrogen-bond donors (Lipinski definition) is 1. The van der Waals surface area contributed by atoms with Crippen LogP contribution in [0.2, 0.25) is 0 Å². The number of nitrogens with zero attached hydrogens (tertiary/aromatic N) is 1. The zero-order valence-electron chi connectivity index (χ0n) is 7.67. The van der Waals surface area contributed by atoms with Crippen LogP contribution in [-0.2, 0) is 0 Å². The highest BCUT2D eigenvalue weighted by Gasteiger charge is 2.26. The highest BCUT2D eigenvalue weighted by Crippen LogP contribution is 2.38. The van der Waals surface area contributed by atoms with Crippen LogP contribution in [0.3, 0.4) is 0 Å². The van der Waals surface area contributed by atoms with E-state index in [1.54, 1.807) is 6.20 Å².